The van der Waals surface area contributed by atoms with E-state index >= 15 is 0 Å². The number of nitrogens with one attached hydrogen (secondary N) is 1. The van der Waals surface area contributed by atoms with Crippen molar-refractivity contribution in [1.82, 2.24) is 15.0 Å². The molecular weight excluding hydrogens is 453 g/mol. The number of aryl methyl sites for hydroxylation is 1. The highest BCUT2D eigenvalue weighted by Gasteiger charge is 2.43. The van der Waals surface area contributed by atoms with E-state index in [9.17, 15) is 22.4 Å². The zero-order valence-corrected chi connectivity index (χ0v) is 18.8. The largest absolute Gasteiger partial charge is 0.372 e. The molecule has 1 atom stereocenters. The van der Waals surface area contributed by atoms with Crippen molar-refractivity contribution in [3.05, 3.63) is 64.0 Å². The summed E-state index contributed by atoms with van der Waals surface area (Å²) in [5.74, 6) is -1.71. The van der Waals surface area contributed by atoms with Gasteiger partial charge in [-0.25, -0.2) is 23.3 Å². The van der Waals surface area contributed by atoms with E-state index in [1.807, 2.05) is 12.1 Å². The van der Waals surface area contributed by atoms with Crippen LogP contribution in [0.4, 0.5) is 4.39 Å². The van der Waals surface area contributed by atoms with Gasteiger partial charge in [0, 0.05) is 18.4 Å². The van der Waals surface area contributed by atoms with E-state index in [1.165, 1.54) is 17.9 Å². The molecule has 0 fully saturated rings. The fraction of sp³-hybridized carbons (Fsp3) is 0.318. The topological polar surface area (TPSA) is 128 Å². The molecule has 33 heavy (non-hydrogen) atoms. The maximum absolute atomic E-state index is 15.0. The SMILES string of the molecule is C[C@](CCn1cnc2cc(-c3ccc4c(c3)COC4)c(F)cc2c1=O)(C(=O)NO)S(C)(=O)=O. The number of amides is 1. The first-order valence-electron chi connectivity index (χ1n) is 10.1. The second-order valence-electron chi connectivity index (χ2n) is 8.26. The van der Waals surface area contributed by atoms with E-state index in [4.69, 9.17) is 9.94 Å². The number of hydrogen-bond acceptors (Lipinski definition) is 7. The summed E-state index contributed by atoms with van der Waals surface area (Å²) in [6, 6.07) is 8.13. The van der Waals surface area contributed by atoms with Crippen molar-refractivity contribution in [2.75, 3.05) is 6.26 Å². The Hall–Kier alpha value is -3.15. The van der Waals surface area contributed by atoms with Crippen LogP contribution in [0, 0.1) is 5.82 Å². The monoisotopic (exact) mass is 475 g/mol. The molecule has 0 radical (unpaired) electrons. The molecule has 0 saturated heterocycles. The zero-order chi connectivity index (χ0) is 24.0. The summed E-state index contributed by atoms with van der Waals surface area (Å²) in [6.45, 7) is 1.95. The normalized spacial score (nSPS) is 15.3. The Morgan fingerprint density at radius 2 is 2.00 bits per heavy atom. The molecule has 1 aromatic heterocycles. The quantitative estimate of drug-likeness (QED) is 0.412. The smallest absolute Gasteiger partial charge is 0.264 e. The summed E-state index contributed by atoms with van der Waals surface area (Å²) in [6.07, 6.45) is 1.79. The van der Waals surface area contributed by atoms with E-state index in [0.717, 1.165) is 34.9 Å². The van der Waals surface area contributed by atoms with Crippen LogP contribution in [0.15, 0.2) is 41.5 Å². The first-order valence-corrected chi connectivity index (χ1v) is 12.0. The number of rotatable bonds is 6. The molecule has 1 amide bonds. The Labute approximate surface area is 188 Å². The van der Waals surface area contributed by atoms with Crippen LogP contribution in [0.3, 0.4) is 0 Å². The highest BCUT2D eigenvalue weighted by molar-refractivity contribution is 7.92. The maximum atomic E-state index is 15.0. The highest BCUT2D eigenvalue weighted by Crippen LogP contribution is 2.30. The fourth-order valence-electron chi connectivity index (χ4n) is 3.82. The second kappa shape index (κ2) is 8.32. The Kier molecular flexibility index (Phi) is 5.81. The molecule has 3 aromatic rings. The zero-order valence-electron chi connectivity index (χ0n) is 18.0. The lowest BCUT2D eigenvalue weighted by Crippen LogP contribution is -2.50. The maximum Gasteiger partial charge on any atom is 0.264 e. The second-order valence-corrected chi connectivity index (χ2v) is 10.7. The van der Waals surface area contributed by atoms with Crippen LogP contribution < -0.4 is 11.0 Å². The van der Waals surface area contributed by atoms with Gasteiger partial charge in [0.15, 0.2) is 14.6 Å². The van der Waals surface area contributed by atoms with Gasteiger partial charge in [-0.15, -0.1) is 0 Å². The number of hydrogen-bond donors (Lipinski definition) is 2. The van der Waals surface area contributed by atoms with Gasteiger partial charge in [0.1, 0.15) is 5.82 Å². The summed E-state index contributed by atoms with van der Waals surface area (Å²) >= 11 is 0. The van der Waals surface area contributed by atoms with Crippen LogP contribution in [0.1, 0.15) is 24.5 Å². The molecule has 0 unspecified atom stereocenters. The molecule has 0 bridgehead atoms. The van der Waals surface area contributed by atoms with Crippen molar-refractivity contribution < 1.29 is 27.5 Å². The number of nitrogens with zero attached hydrogens (tertiary/aromatic N) is 2. The lowest BCUT2D eigenvalue weighted by molar-refractivity contribution is -0.131. The first-order chi connectivity index (χ1) is 15.5. The molecule has 4 rings (SSSR count). The molecule has 11 heteroatoms. The molecule has 0 aliphatic carbocycles. The van der Waals surface area contributed by atoms with Crippen LogP contribution in [0.25, 0.3) is 22.0 Å². The van der Waals surface area contributed by atoms with Crippen LogP contribution in [0.2, 0.25) is 0 Å². The number of ether oxygens (including phenoxy) is 1. The molecule has 0 spiro atoms. The standard InChI is InChI=1S/C22H22FN3O6S/c1-22(21(28)25-29,33(2,30)31)5-6-26-12-24-19-9-16(18(23)8-17(19)20(26)27)13-3-4-14-10-32-11-15(14)7-13/h3-4,7-9,12,29H,5-6,10-11H2,1-2H3,(H,25,28)/t22-/m0/s1. The predicted molar refractivity (Wildman–Crippen MR) is 118 cm³/mol. The number of halogens is 1. The molecule has 9 nitrogen and oxygen atoms in total. The number of fused-ring (bicyclic) bond motifs is 2. The predicted octanol–water partition coefficient (Wildman–Crippen LogP) is 1.93. The van der Waals surface area contributed by atoms with Gasteiger partial charge in [0.25, 0.3) is 11.5 Å². The van der Waals surface area contributed by atoms with Crippen molar-refractivity contribution >= 4 is 26.6 Å². The summed E-state index contributed by atoms with van der Waals surface area (Å²) in [5, 5.41) is 8.96. The summed E-state index contributed by atoms with van der Waals surface area (Å²) in [4.78, 5) is 29.2. The Morgan fingerprint density at radius 3 is 2.70 bits per heavy atom. The lowest BCUT2D eigenvalue weighted by Gasteiger charge is -2.25. The van der Waals surface area contributed by atoms with Crippen LogP contribution >= 0.6 is 0 Å². The Morgan fingerprint density at radius 1 is 1.27 bits per heavy atom. The van der Waals surface area contributed by atoms with E-state index < -0.39 is 31.9 Å². The number of carbonyl (C=O) groups excluding carboxylic acids is 1. The Bertz CT molecular complexity index is 1440. The van der Waals surface area contributed by atoms with E-state index in [-0.39, 0.29) is 23.9 Å². The van der Waals surface area contributed by atoms with Gasteiger partial charge in [-0.05, 0) is 48.2 Å². The average Bonchev–Trinajstić information content (AvgIpc) is 3.25. The Balaban J connectivity index is 1.69. The number of hydroxylamine groups is 1. The van der Waals surface area contributed by atoms with Crippen molar-refractivity contribution in [3.63, 3.8) is 0 Å². The van der Waals surface area contributed by atoms with Gasteiger partial charge in [-0.3, -0.25) is 19.4 Å². The molecular formula is C22H22FN3O6S. The van der Waals surface area contributed by atoms with Crippen LogP contribution in [-0.4, -0.2) is 40.1 Å². The van der Waals surface area contributed by atoms with E-state index in [1.54, 1.807) is 6.07 Å². The van der Waals surface area contributed by atoms with E-state index in [0.29, 0.717) is 24.3 Å². The molecule has 0 saturated carbocycles. The molecule has 1 aliphatic rings. The van der Waals surface area contributed by atoms with Gasteiger partial charge < -0.3 is 4.74 Å². The number of sulfone groups is 1. The number of benzene rings is 2. The van der Waals surface area contributed by atoms with Gasteiger partial charge in [-0.1, -0.05) is 12.1 Å². The number of carbonyl (C=O) groups is 1. The van der Waals surface area contributed by atoms with Gasteiger partial charge in [0.05, 0.1) is 30.4 Å². The molecule has 1 aliphatic heterocycles. The van der Waals surface area contributed by atoms with Gasteiger partial charge >= 0.3 is 0 Å². The minimum absolute atomic E-state index is 0.0240. The minimum Gasteiger partial charge on any atom is -0.372 e. The van der Waals surface area contributed by atoms with Gasteiger partial charge in [0.2, 0.25) is 0 Å². The summed E-state index contributed by atoms with van der Waals surface area (Å²) in [7, 11) is -3.93. The van der Waals surface area contributed by atoms with Crippen LogP contribution in [0.5, 0.6) is 0 Å². The molecule has 2 aromatic carbocycles. The van der Waals surface area contributed by atoms with Crippen molar-refractivity contribution in [2.24, 2.45) is 0 Å². The van der Waals surface area contributed by atoms with Crippen molar-refractivity contribution in [3.8, 4) is 11.1 Å². The lowest BCUT2D eigenvalue weighted by atomic mass is 9.99. The molecule has 174 valence electrons. The summed E-state index contributed by atoms with van der Waals surface area (Å²) in [5.41, 5.74) is 4.04. The number of aromatic nitrogens is 2. The average molecular weight is 475 g/mol. The molecule has 2 N–H and O–H groups in total. The third-order valence-corrected chi connectivity index (χ3v) is 8.20. The van der Waals surface area contributed by atoms with Crippen molar-refractivity contribution in [2.45, 2.75) is 37.9 Å². The first kappa shape index (κ1) is 23.0. The fourth-order valence-corrected chi connectivity index (χ4v) is 4.66. The van der Waals surface area contributed by atoms with Crippen molar-refractivity contribution in [1.29, 1.82) is 0 Å². The third-order valence-electron chi connectivity index (χ3n) is 6.18. The van der Waals surface area contributed by atoms with Crippen LogP contribution in [-0.2, 0) is 39.1 Å². The minimum atomic E-state index is -3.93. The van der Waals surface area contributed by atoms with E-state index in [2.05, 4.69) is 4.98 Å². The molecule has 2 heterocycles. The highest BCUT2D eigenvalue weighted by atomic mass is 32.2. The van der Waals surface area contributed by atoms with Gasteiger partial charge in [-0.2, -0.15) is 0 Å². The summed E-state index contributed by atoms with van der Waals surface area (Å²) < 4.78 is 43.8. The third kappa shape index (κ3) is 4.03.